The van der Waals surface area contributed by atoms with Crippen LogP contribution >= 0.6 is 0 Å². The number of carbonyl (C=O) groups is 1. The molecule has 0 amide bonds. The summed E-state index contributed by atoms with van der Waals surface area (Å²) >= 11 is 0. The maximum atomic E-state index is 11.1. The summed E-state index contributed by atoms with van der Waals surface area (Å²) in [5.41, 5.74) is 0. The summed E-state index contributed by atoms with van der Waals surface area (Å²) in [6.45, 7) is 2.13. The molecule has 0 aromatic heterocycles. The fourth-order valence-corrected chi connectivity index (χ4v) is 0.799. The molecule has 1 atom stereocenters. The average molecular weight is 188 g/mol. The number of ether oxygens (including phenoxy) is 3. The standard InChI is InChI=1S/C9H16O4/c1-4-13-9(10)8(12-3)6-5-7-11-2/h5,7-8H,4,6H2,1-3H3/b7-5+/t8-/m1/s1. The fraction of sp³-hybridized carbons (Fsp3) is 0.667. The summed E-state index contributed by atoms with van der Waals surface area (Å²) in [5, 5.41) is 0. The van der Waals surface area contributed by atoms with Crippen LogP contribution in [0.25, 0.3) is 0 Å². The van der Waals surface area contributed by atoms with Gasteiger partial charge in [0, 0.05) is 13.5 Å². The van der Waals surface area contributed by atoms with Crippen molar-refractivity contribution in [2.24, 2.45) is 0 Å². The molecule has 4 nitrogen and oxygen atoms in total. The molecule has 0 saturated carbocycles. The second-order valence-corrected chi connectivity index (χ2v) is 2.32. The molecule has 0 N–H and O–H groups in total. The molecule has 0 heterocycles. The summed E-state index contributed by atoms with van der Waals surface area (Å²) in [7, 11) is 3.02. The molecule has 0 unspecified atom stereocenters. The maximum Gasteiger partial charge on any atom is 0.335 e. The lowest BCUT2D eigenvalue weighted by Crippen LogP contribution is -2.24. The molecule has 76 valence electrons. The van der Waals surface area contributed by atoms with Crippen LogP contribution < -0.4 is 0 Å². The molecule has 0 saturated heterocycles. The van der Waals surface area contributed by atoms with Crippen molar-refractivity contribution >= 4 is 5.97 Å². The van der Waals surface area contributed by atoms with E-state index < -0.39 is 6.10 Å². The number of hydrogen-bond acceptors (Lipinski definition) is 4. The van der Waals surface area contributed by atoms with Crippen molar-refractivity contribution in [1.29, 1.82) is 0 Å². The minimum atomic E-state index is -0.536. The first-order valence-electron chi connectivity index (χ1n) is 4.13. The predicted octanol–water partition coefficient (Wildman–Crippen LogP) is 1.11. The van der Waals surface area contributed by atoms with Gasteiger partial charge in [0.1, 0.15) is 0 Å². The second kappa shape index (κ2) is 7.61. The predicted molar refractivity (Wildman–Crippen MR) is 48.2 cm³/mol. The lowest BCUT2D eigenvalue weighted by Gasteiger charge is -2.10. The average Bonchev–Trinajstić information content (AvgIpc) is 2.13. The third kappa shape index (κ3) is 5.25. The highest BCUT2D eigenvalue weighted by atomic mass is 16.6. The van der Waals surface area contributed by atoms with Crippen LogP contribution in [0.4, 0.5) is 0 Å². The number of hydrogen-bond donors (Lipinski definition) is 0. The van der Waals surface area contributed by atoms with E-state index in [1.54, 1.807) is 20.1 Å². The van der Waals surface area contributed by atoms with Gasteiger partial charge in [-0.3, -0.25) is 0 Å². The minimum absolute atomic E-state index is 0.342. The Morgan fingerprint density at radius 3 is 2.62 bits per heavy atom. The normalized spacial score (nSPS) is 12.8. The molecule has 0 aromatic rings. The highest BCUT2D eigenvalue weighted by molar-refractivity contribution is 5.74. The molecule has 4 heteroatoms. The smallest absolute Gasteiger partial charge is 0.335 e. The Kier molecular flexibility index (Phi) is 7.01. The Morgan fingerprint density at radius 2 is 2.15 bits per heavy atom. The quantitative estimate of drug-likeness (QED) is 0.462. The zero-order valence-corrected chi connectivity index (χ0v) is 8.28. The zero-order valence-electron chi connectivity index (χ0n) is 8.28. The van der Waals surface area contributed by atoms with Crippen LogP contribution in [-0.4, -0.2) is 32.9 Å². The summed E-state index contributed by atoms with van der Waals surface area (Å²) in [5.74, 6) is -0.342. The first kappa shape index (κ1) is 12.0. The van der Waals surface area contributed by atoms with Crippen molar-refractivity contribution < 1.29 is 19.0 Å². The molecule has 0 aliphatic carbocycles. The van der Waals surface area contributed by atoms with Crippen molar-refractivity contribution in [3.05, 3.63) is 12.3 Å². The summed E-state index contributed by atoms with van der Waals surface area (Å²) in [4.78, 5) is 11.1. The topological polar surface area (TPSA) is 44.8 Å². The van der Waals surface area contributed by atoms with E-state index in [0.29, 0.717) is 13.0 Å². The van der Waals surface area contributed by atoms with E-state index in [2.05, 4.69) is 4.74 Å². The van der Waals surface area contributed by atoms with Crippen LogP contribution in [0.1, 0.15) is 13.3 Å². The SMILES string of the molecule is CCOC(=O)[C@@H](C/C=C/OC)OC. The van der Waals surface area contributed by atoms with Gasteiger partial charge in [0.05, 0.1) is 20.0 Å². The van der Waals surface area contributed by atoms with Crippen LogP contribution in [0.3, 0.4) is 0 Å². The van der Waals surface area contributed by atoms with Crippen molar-refractivity contribution in [1.82, 2.24) is 0 Å². The van der Waals surface area contributed by atoms with E-state index in [9.17, 15) is 4.79 Å². The summed E-state index contributed by atoms with van der Waals surface area (Å²) in [6, 6.07) is 0. The molecule has 0 aliphatic rings. The van der Waals surface area contributed by atoms with Crippen LogP contribution in [0, 0.1) is 0 Å². The molecular weight excluding hydrogens is 172 g/mol. The number of esters is 1. The Hall–Kier alpha value is -1.03. The highest BCUT2D eigenvalue weighted by Crippen LogP contribution is 2.01. The van der Waals surface area contributed by atoms with Crippen molar-refractivity contribution in [3.63, 3.8) is 0 Å². The Labute approximate surface area is 78.5 Å². The molecule has 0 fully saturated rings. The van der Waals surface area contributed by atoms with Gasteiger partial charge in [0.15, 0.2) is 6.10 Å². The molecule has 0 aliphatic heterocycles. The Balaban J connectivity index is 3.87. The third-order valence-electron chi connectivity index (χ3n) is 1.42. The fourth-order valence-electron chi connectivity index (χ4n) is 0.799. The van der Waals surface area contributed by atoms with E-state index in [-0.39, 0.29) is 5.97 Å². The second-order valence-electron chi connectivity index (χ2n) is 2.32. The van der Waals surface area contributed by atoms with Gasteiger partial charge in [-0.15, -0.1) is 0 Å². The van der Waals surface area contributed by atoms with Gasteiger partial charge in [0.25, 0.3) is 0 Å². The van der Waals surface area contributed by atoms with Crippen molar-refractivity contribution in [2.45, 2.75) is 19.4 Å². The third-order valence-corrected chi connectivity index (χ3v) is 1.42. The van der Waals surface area contributed by atoms with Gasteiger partial charge in [-0.05, 0) is 13.0 Å². The molecular formula is C9H16O4. The maximum absolute atomic E-state index is 11.1. The van der Waals surface area contributed by atoms with E-state index in [1.165, 1.54) is 13.4 Å². The van der Waals surface area contributed by atoms with Gasteiger partial charge in [-0.2, -0.15) is 0 Å². The molecule has 0 rings (SSSR count). The number of rotatable bonds is 6. The van der Waals surface area contributed by atoms with E-state index in [4.69, 9.17) is 9.47 Å². The molecule has 0 spiro atoms. The largest absolute Gasteiger partial charge is 0.505 e. The lowest BCUT2D eigenvalue weighted by atomic mass is 10.2. The van der Waals surface area contributed by atoms with E-state index in [1.807, 2.05) is 0 Å². The monoisotopic (exact) mass is 188 g/mol. The minimum Gasteiger partial charge on any atom is -0.505 e. The van der Waals surface area contributed by atoms with E-state index >= 15 is 0 Å². The lowest BCUT2D eigenvalue weighted by molar-refractivity contribution is -0.154. The molecule has 0 radical (unpaired) electrons. The summed E-state index contributed by atoms with van der Waals surface area (Å²) in [6.07, 6.45) is 3.14. The Bertz CT molecular complexity index is 165. The first-order chi connectivity index (χ1) is 6.26. The zero-order chi connectivity index (χ0) is 10.1. The summed E-state index contributed by atoms with van der Waals surface area (Å²) < 4.78 is 14.4. The highest BCUT2D eigenvalue weighted by Gasteiger charge is 2.16. The Morgan fingerprint density at radius 1 is 1.46 bits per heavy atom. The van der Waals surface area contributed by atoms with Gasteiger partial charge in [0.2, 0.25) is 0 Å². The van der Waals surface area contributed by atoms with Crippen molar-refractivity contribution in [2.75, 3.05) is 20.8 Å². The van der Waals surface area contributed by atoms with E-state index in [0.717, 1.165) is 0 Å². The number of methoxy groups -OCH3 is 2. The van der Waals surface area contributed by atoms with Crippen molar-refractivity contribution in [3.8, 4) is 0 Å². The van der Waals surface area contributed by atoms with Gasteiger partial charge < -0.3 is 14.2 Å². The van der Waals surface area contributed by atoms with Crippen LogP contribution in [0.15, 0.2) is 12.3 Å². The molecule has 0 aromatic carbocycles. The molecule has 13 heavy (non-hydrogen) atoms. The van der Waals surface area contributed by atoms with Gasteiger partial charge >= 0.3 is 5.97 Å². The number of carbonyl (C=O) groups excluding carboxylic acids is 1. The van der Waals surface area contributed by atoms with Gasteiger partial charge in [-0.25, -0.2) is 4.79 Å². The van der Waals surface area contributed by atoms with Crippen LogP contribution in [-0.2, 0) is 19.0 Å². The first-order valence-corrected chi connectivity index (χ1v) is 4.13. The molecule has 0 bridgehead atoms. The van der Waals surface area contributed by atoms with Crippen LogP contribution in [0.2, 0.25) is 0 Å². The van der Waals surface area contributed by atoms with Gasteiger partial charge in [-0.1, -0.05) is 0 Å². The van der Waals surface area contributed by atoms with Crippen LogP contribution in [0.5, 0.6) is 0 Å².